The highest BCUT2D eigenvalue weighted by molar-refractivity contribution is 14.1. The molecule has 1 heterocycles. The Balaban J connectivity index is 1.60. The molecule has 0 radical (unpaired) electrons. The van der Waals surface area contributed by atoms with Crippen LogP contribution in [0.25, 0.3) is 10.9 Å². The van der Waals surface area contributed by atoms with E-state index in [-0.39, 0.29) is 12.5 Å². The summed E-state index contributed by atoms with van der Waals surface area (Å²) in [6, 6.07) is 14.9. The molecule has 1 amide bonds. The highest BCUT2D eigenvalue weighted by Crippen LogP contribution is 2.18. The van der Waals surface area contributed by atoms with Crippen LogP contribution in [0.4, 0.5) is 5.69 Å². The molecular formula is C18H15IN2O3. The molecule has 6 heteroatoms. The third kappa shape index (κ3) is 3.76. The number of aromatic nitrogens is 1. The van der Waals surface area contributed by atoms with Gasteiger partial charge >= 0.3 is 5.97 Å². The second-order valence-corrected chi connectivity index (χ2v) is 6.60. The summed E-state index contributed by atoms with van der Waals surface area (Å²) in [5, 5.41) is 3.66. The van der Waals surface area contributed by atoms with Crippen molar-refractivity contribution < 1.29 is 14.3 Å². The number of benzene rings is 2. The van der Waals surface area contributed by atoms with E-state index in [9.17, 15) is 9.59 Å². The number of H-pyrrole nitrogens is 1. The number of para-hydroxylation sites is 1. The first kappa shape index (κ1) is 16.5. The fraction of sp³-hybridized carbons (Fsp3) is 0.111. The lowest BCUT2D eigenvalue weighted by molar-refractivity contribution is -0.119. The molecule has 0 spiro atoms. The van der Waals surface area contributed by atoms with Crippen molar-refractivity contribution in [2.75, 3.05) is 11.9 Å². The summed E-state index contributed by atoms with van der Waals surface area (Å²) in [5.74, 6) is -0.926. The summed E-state index contributed by atoms with van der Waals surface area (Å²) in [6.07, 6.45) is 0. The zero-order valence-corrected chi connectivity index (χ0v) is 15.1. The first-order valence-electron chi connectivity index (χ1n) is 7.34. The van der Waals surface area contributed by atoms with Crippen LogP contribution in [0.5, 0.6) is 0 Å². The molecule has 0 saturated heterocycles. The number of carbonyl (C=O) groups excluding carboxylic acids is 2. The van der Waals surface area contributed by atoms with Crippen molar-refractivity contribution in [3.8, 4) is 0 Å². The SMILES string of the molecule is Cc1cc(I)ccc1NC(=O)COC(=O)c1cc2ccccc2[nH]1. The van der Waals surface area contributed by atoms with Crippen LogP contribution in [0.2, 0.25) is 0 Å². The Bertz CT molecular complexity index is 885. The Morgan fingerprint density at radius 1 is 1.17 bits per heavy atom. The van der Waals surface area contributed by atoms with Gasteiger partial charge in [0.05, 0.1) is 0 Å². The van der Waals surface area contributed by atoms with E-state index in [1.807, 2.05) is 49.4 Å². The second-order valence-electron chi connectivity index (χ2n) is 5.35. The first-order valence-corrected chi connectivity index (χ1v) is 8.42. The average molecular weight is 434 g/mol. The number of amides is 1. The predicted octanol–water partition coefficient (Wildman–Crippen LogP) is 3.88. The molecule has 3 rings (SSSR count). The number of hydrogen-bond acceptors (Lipinski definition) is 3. The summed E-state index contributed by atoms with van der Waals surface area (Å²) in [5.41, 5.74) is 2.84. The van der Waals surface area contributed by atoms with Gasteiger partial charge in [-0.2, -0.15) is 0 Å². The molecule has 24 heavy (non-hydrogen) atoms. The van der Waals surface area contributed by atoms with Gasteiger partial charge in [-0.25, -0.2) is 4.79 Å². The second kappa shape index (κ2) is 7.04. The highest BCUT2D eigenvalue weighted by Gasteiger charge is 2.13. The number of anilines is 1. The normalized spacial score (nSPS) is 10.6. The number of fused-ring (bicyclic) bond motifs is 1. The van der Waals surface area contributed by atoms with Crippen molar-refractivity contribution in [2.24, 2.45) is 0 Å². The summed E-state index contributed by atoms with van der Waals surface area (Å²) < 4.78 is 6.16. The smallest absolute Gasteiger partial charge is 0.355 e. The van der Waals surface area contributed by atoms with Crippen molar-refractivity contribution >= 4 is 51.1 Å². The van der Waals surface area contributed by atoms with Crippen LogP contribution in [0.1, 0.15) is 16.1 Å². The van der Waals surface area contributed by atoms with Gasteiger partial charge in [0.2, 0.25) is 0 Å². The van der Waals surface area contributed by atoms with E-state index in [0.29, 0.717) is 11.4 Å². The van der Waals surface area contributed by atoms with Crippen LogP contribution in [-0.2, 0) is 9.53 Å². The van der Waals surface area contributed by atoms with Gasteiger partial charge in [-0.1, -0.05) is 18.2 Å². The Morgan fingerprint density at radius 3 is 2.71 bits per heavy atom. The lowest BCUT2D eigenvalue weighted by Gasteiger charge is -2.09. The minimum absolute atomic E-state index is 0.328. The monoisotopic (exact) mass is 434 g/mol. The van der Waals surface area contributed by atoms with Gasteiger partial charge in [-0.15, -0.1) is 0 Å². The quantitative estimate of drug-likeness (QED) is 0.484. The molecule has 0 atom stereocenters. The summed E-state index contributed by atoms with van der Waals surface area (Å²) in [7, 11) is 0. The molecule has 0 aliphatic carbocycles. The van der Waals surface area contributed by atoms with Gasteiger partial charge in [0.15, 0.2) is 6.61 Å². The van der Waals surface area contributed by atoms with Gasteiger partial charge in [-0.05, 0) is 65.4 Å². The molecule has 122 valence electrons. The van der Waals surface area contributed by atoms with Crippen LogP contribution < -0.4 is 5.32 Å². The number of aromatic amines is 1. The van der Waals surface area contributed by atoms with Crippen molar-refractivity contribution in [3.63, 3.8) is 0 Å². The van der Waals surface area contributed by atoms with E-state index in [1.54, 1.807) is 6.07 Å². The van der Waals surface area contributed by atoms with Gasteiger partial charge in [0.25, 0.3) is 5.91 Å². The van der Waals surface area contributed by atoms with Crippen molar-refractivity contribution in [3.05, 3.63) is 63.4 Å². The van der Waals surface area contributed by atoms with Gasteiger partial charge < -0.3 is 15.0 Å². The molecule has 3 aromatic rings. The van der Waals surface area contributed by atoms with Crippen molar-refractivity contribution in [1.29, 1.82) is 0 Å². The van der Waals surface area contributed by atoms with E-state index < -0.39 is 5.97 Å². The minimum atomic E-state index is -0.555. The fourth-order valence-electron chi connectivity index (χ4n) is 2.35. The number of nitrogens with one attached hydrogen (secondary N) is 2. The third-order valence-corrected chi connectivity index (χ3v) is 4.22. The number of hydrogen-bond donors (Lipinski definition) is 2. The topological polar surface area (TPSA) is 71.2 Å². The Labute approximate surface area is 152 Å². The van der Waals surface area contributed by atoms with Gasteiger partial charge in [0.1, 0.15) is 5.69 Å². The van der Waals surface area contributed by atoms with E-state index in [4.69, 9.17) is 4.74 Å². The van der Waals surface area contributed by atoms with Crippen LogP contribution in [0.15, 0.2) is 48.5 Å². The molecule has 0 aliphatic heterocycles. The highest BCUT2D eigenvalue weighted by atomic mass is 127. The van der Waals surface area contributed by atoms with Crippen LogP contribution in [0.3, 0.4) is 0 Å². The Hall–Kier alpha value is -2.35. The number of rotatable bonds is 4. The lowest BCUT2D eigenvalue weighted by Crippen LogP contribution is -2.21. The van der Waals surface area contributed by atoms with Gasteiger partial charge in [-0.3, -0.25) is 4.79 Å². The molecule has 0 aliphatic rings. The van der Waals surface area contributed by atoms with Crippen LogP contribution in [-0.4, -0.2) is 23.5 Å². The maximum Gasteiger partial charge on any atom is 0.355 e. The molecule has 0 unspecified atom stereocenters. The van der Waals surface area contributed by atoms with Crippen LogP contribution >= 0.6 is 22.6 Å². The first-order chi connectivity index (χ1) is 11.5. The summed E-state index contributed by atoms with van der Waals surface area (Å²) in [4.78, 5) is 27.0. The molecule has 5 nitrogen and oxygen atoms in total. The minimum Gasteiger partial charge on any atom is -0.451 e. The average Bonchev–Trinajstić information content (AvgIpc) is 2.99. The number of carbonyl (C=O) groups is 2. The lowest BCUT2D eigenvalue weighted by atomic mass is 10.2. The fourth-order valence-corrected chi connectivity index (χ4v) is 2.99. The van der Waals surface area contributed by atoms with E-state index in [1.165, 1.54) is 0 Å². The maximum atomic E-state index is 12.0. The molecule has 0 saturated carbocycles. The summed E-state index contributed by atoms with van der Waals surface area (Å²) in [6.45, 7) is 1.58. The number of halogens is 1. The molecular weight excluding hydrogens is 419 g/mol. The standard InChI is InChI=1S/C18H15IN2O3/c1-11-8-13(19)6-7-14(11)21-17(22)10-24-18(23)16-9-12-4-2-3-5-15(12)20-16/h2-9,20H,10H2,1H3,(H,21,22). The van der Waals surface area contributed by atoms with E-state index >= 15 is 0 Å². The van der Waals surface area contributed by atoms with E-state index in [0.717, 1.165) is 20.0 Å². The number of esters is 1. The zero-order chi connectivity index (χ0) is 17.1. The predicted molar refractivity (Wildman–Crippen MR) is 101 cm³/mol. The zero-order valence-electron chi connectivity index (χ0n) is 12.9. The van der Waals surface area contributed by atoms with Crippen LogP contribution in [0, 0.1) is 10.5 Å². The van der Waals surface area contributed by atoms with Gasteiger partial charge in [0, 0.05) is 20.2 Å². The third-order valence-electron chi connectivity index (χ3n) is 3.55. The largest absolute Gasteiger partial charge is 0.451 e. The van der Waals surface area contributed by atoms with Crippen molar-refractivity contribution in [2.45, 2.75) is 6.92 Å². The molecule has 2 N–H and O–H groups in total. The Kier molecular flexibility index (Phi) is 4.84. The number of ether oxygens (including phenoxy) is 1. The Morgan fingerprint density at radius 2 is 1.96 bits per heavy atom. The molecule has 2 aromatic carbocycles. The summed E-state index contributed by atoms with van der Waals surface area (Å²) >= 11 is 2.21. The molecule has 1 aromatic heterocycles. The maximum absolute atomic E-state index is 12.0. The van der Waals surface area contributed by atoms with Crippen molar-refractivity contribution in [1.82, 2.24) is 4.98 Å². The van der Waals surface area contributed by atoms with E-state index in [2.05, 4.69) is 32.9 Å². The molecule has 0 fully saturated rings. The molecule has 0 bridgehead atoms. The number of aryl methyl sites for hydroxylation is 1.